The smallest absolute Gasteiger partial charge is 0.229 e. The lowest BCUT2D eigenvalue weighted by Crippen LogP contribution is -2.30. The Hall–Kier alpha value is -3.55. The van der Waals surface area contributed by atoms with Gasteiger partial charge in [-0.05, 0) is 24.6 Å². The fourth-order valence-electron chi connectivity index (χ4n) is 3.37. The van der Waals surface area contributed by atoms with E-state index in [1.54, 1.807) is 40.5 Å². The molecule has 2 unspecified atom stereocenters. The van der Waals surface area contributed by atoms with Crippen LogP contribution < -0.4 is 5.32 Å². The van der Waals surface area contributed by atoms with Crippen molar-refractivity contribution in [3.63, 3.8) is 0 Å². The van der Waals surface area contributed by atoms with Crippen molar-refractivity contribution in [1.82, 2.24) is 24.6 Å². The number of carbonyl (C=O) groups is 2. The Morgan fingerprint density at radius 1 is 1.14 bits per heavy atom. The number of hydrogen-bond donors (Lipinski definition) is 1. The summed E-state index contributed by atoms with van der Waals surface area (Å²) in [7, 11) is 0. The fraction of sp³-hybridized carbons (Fsp3) is 0.250. The minimum atomic E-state index is -0.379. The molecular weight excluding hydrogens is 356 g/mol. The first-order chi connectivity index (χ1) is 13.6. The molecule has 2 atom stereocenters. The minimum absolute atomic E-state index is 0.00224. The highest BCUT2D eigenvalue weighted by Crippen LogP contribution is 2.29. The van der Waals surface area contributed by atoms with E-state index in [9.17, 15) is 9.59 Å². The van der Waals surface area contributed by atoms with E-state index in [1.807, 2.05) is 37.3 Å². The molecule has 8 nitrogen and oxygen atoms in total. The highest BCUT2D eigenvalue weighted by molar-refractivity contribution is 5.97. The van der Waals surface area contributed by atoms with Crippen molar-refractivity contribution in [2.24, 2.45) is 5.92 Å². The summed E-state index contributed by atoms with van der Waals surface area (Å²) >= 11 is 0. The Bertz CT molecular complexity index is 956. The molecule has 2 amide bonds. The van der Waals surface area contributed by atoms with Crippen LogP contribution in [0.3, 0.4) is 0 Å². The molecule has 1 aromatic carbocycles. The van der Waals surface area contributed by atoms with E-state index in [4.69, 9.17) is 0 Å². The molecule has 0 aliphatic carbocycles. The van der Waals surface area contributed by atoms with Crippen molar-refractivity contribution < 1.29 is 9.59 Å². The van der Waals surface area contributed by atoms with Crippen LogP contribution in [-0.4, -0.2) is 43.0 Å². The number of nitrogens with one attached hydrogen (secondary N) is 1. The first kappa shape index (κ1) is 17.8. The topological polar surface area (TPSA) is 93.0 Å². The normalized spacial score (nSPS) is 17.5. The lowest BCUT2D eigenvalue weighted by atomic mass is 10.1. The Morgan fingerprint density at radius 2 is 1.89 bits per heavy atom. The van der Waals surface area contributed by atoms with Gasteiger partial charge in [0, 0.05) is 13.0 Å². The van der Waals surface area contributed by atoms with E-state index in [0.717, 1.165) is 5.56 Å². The van der Waals surface area contributed by atoms with E-state index in [0.29, 0.717) is 18.1 Å². The average Bonchev–Trinajstić information content (AvgIpc) is 3.39. The summed E-state index contributed by atoms with van der Waals surface area (Å²) in [5.41, 5.74) is 1.65. The summed E-state index contributed by atoms with van der Waals surface area (Å²) in [6, 6.07) is 13.3. The molecule has 0 radical (unpaired) electrons. The molecule has 28 heavy (non-hydrogen) atoms. The summed E-state index contributed by atoms with van der Waals surface area (Å²) in [4.78, 5) is 31.1. The molecule has 4 rings (SSSR count). The molecule has 0 bridgehead atoms. The highest BCUT2D eigenvalue weighted by atomic mass is 16.2. The van der Waals surface area contributed by atoms with Crippen LogP contribution in [0.15, 0.2) is 61.3 Å². The predicted octanol–water partition coefficient (Wildman–Crippen LogP) is 2.21. The van der Waals surface area contributed by atoms with Crippen molar-refractivity contribution in [3.05, 3.63) is 66.9 Å². The highest BCUT2D eigenvalue weighted by Gasteiger charge is 2.37. The van der Waals surface area contributed by atoms with Crippen molar-refractivity contribution in [1.29, 1.82) is 0 Å². The molecule has 1 N–H and O–H groups in total. The molecule has 2 aromatic heterocycles. The number of aromatic nitrogens is 4. The average molecular weight is 376 g/mol. The van der Waals surface area contributed by atoms with Gasteiger partial charge in [-0.3, -0.25) is 14.2 Å². The van der Waals surface area contributed by atoms with Crippen LogP contribution in [0.5, 0.6) is 0 Å². The second-order valence-corrected chi connectivity index (χ2v) is 6.80. The van der Waals surface area contributed by atoms with Crippen molar-refractivity contribution >= 4 is 17.5 Å². The quantitative estimate of drug-likeness (QED) is 0.737. The van der Waals surface area contributed by atoms with Crippen molar-refractivity contribution in [3.8, 4) is 5.82 Å². The standard InChI is InChI=1S/C20H20N6O2/c1-14(15-5-3-2-4-6-15)26-11-16(9-19(26)27)20(28)24-17-7-8-18(21-10-17)25-12-22-23-13-25/h2-8,10,12-14,16H,9,11H2,1H3,(H,24,28). The Kier molecular flexibility index (Phi) is 4.84. The summed E-state index contributed by atoms with van der Waals surface area (Å²) in [5.74, 6) is 0.102. The van der Waals surface area contributed by atoms with Gasteiger partial charge in [0.1, 0.15) is 18.5 Å². The maximum Gasteiger partial charge on any atom is 0.229 e. The van der Waals surface area contributed by atoms with Gasteiger partial charge in [0.15, 0.2) is 0 Å². The number of likely N-dealkylation sites (tertiary alicyclic amines) is 1. The van der Waals surface area contributed by atoms with Crippen LogP contribution in [0, 0.1) is 5.92 Å². The van der Waals surface area contributed by atoms with E-state index in [1.165, 1.54) is 0 Å². The van der Waals surface area contributed by atoms with E-state index in [2.05, 4.69) is 20.5 Å². The Labute approximate surface area is 162 Å². The monoisotopic (exact) mass is 376 g/mol. The number of nitrogens with zero attached hydrogens (tertiary/aromatic N) is 5. The van der Waals surface area contributed by atoms with Gasteiger partial charge in [0.2, 0.25) is 11.8 Å². The molecule has 3 aromatic rings. The number of amides is 2. The Morgan fingerprint density at radius 3 is 2.57 bits per heavy atom. The van der Waals surface area contributed by atoms with Crippen LogP contribution in [0.1, 0.15) is 24.9 Å². The zero-order chi connectivity index (χ0) is 19.5. The number of hydrogen-bond acceptors (Lipinski definition) is 5. The molecule has 3 heterocycles. The molecule has 1 aliphatic heterocycles. The number of rotatable bonds is 5. The lowest BCUT2D eigenvalue weighted by molar-refractivity contribution is -0.129. The second-order valence-electron chi connectivity index (χ2n) is 6.80. The third-order valence-electron chi connectivity index (χ3n) is 4.98. The van der Waals surface area contributed by atoms with Gasteiger partial charge < -0.3 is 10.2 Å². The Balaban J connectivity index is 1.39. The van der Waals surface area contributed by atoms with Crippen molar-refractivity contribution in [2.45, 2.75) is 19.4 Å². The van der Waals surface area contributed by atoms with Crippen LogP contribution in [0.2, 0.25) is 0 Å². The SMILES string of the molecule is CC(c1ccccc1)N1CC(C(=O)Nc2ccc(-n3cnnc3)nc2)CC1=O. The number of anilines is 1. The zero-order valence-corrected chi connectivity index (χ0v) is 15.4. The van der Waals surface area contributed by atoms with E-state index in [-0.39, 0.29) is 30.2 Å². The fourth-order valence-corrected chi connectivity index (χ4v) is 3.37. The van der Waals surface area contributed by atoms with Crippen molar-refractivity contribution in [2.75, 3.05) is 11.9 Å². The molecule has 1 fully saturated rings. The van der Waals surface area contributed by atoms with Crippen LogP contribution in [0.25, 0.3) is 5.82 Å². The van der Waals surface area contributed by atoms with Crippen LogP contribution in [-0.2, 0) is 9.59 Å². The summed E-state index contributed by atoms with van der Waals surface area (Å²) in [5, 5.41) is 10.3. The first-order valence-corrected chi connectivity index (χ1v) is 9.08. The number of pyridine rings is 1. The molecule has 0 spiro atoms. The lowest BCUT2D eigenvalue weighted by Gasteiger charge is -2.25. The summed E-state index contributed by atoms with van der Waals surface area (Å²) in [6.45, 7) is 2.40. The van der Waals surface area contributed by atoms with E-state index < -0.39 is 0 Å². The van der Waals surface area contributed by atoms with E-state index >= 15 is 0 Å². The predicted molar refractivity (Wildman–Crippen MR) is 102 cm³/mol. The maximum atomic E-state index is 12.6. The third-order valence-corrected chi connectivity index (χ3v) is 4.98. The minimum Gasteiger partial charge on any atom is -0.335 e. The molecule has 1 saturated heterocycles. The number of carbonyl (C=O) groups excluding carboxylic acids is 2. The maximum absolute atomic E-state index is 12.6. The van der Waals surface area contributed by atoms with Gasteiger partial charge in [-0.25, -0.2) is 4.98 Å². The second kappa shape index (κ2) is 7.59. The molecule has 0 saturated carbocycles. The van der Waals surface area contributed by atoms with Crippen LogP contribution >= 0.6 is 0 Å². The third kappa shape index (κ3) is 3.62. The van der Waals surface area contributed by atoms with Gasteiger partial charge in [-0.15, -0.1) is 10.2 Å². The summed E-state index contributed by atoms with van der Waals surface area (Å²) < 4.78 is 1.67. The summed E-state index contributed by atoms with van der Waals surface area (Å²) in [6.07, 6.45) is 4.89. The first-order valence-electron chi connectivity index (χ1n) is 9.08. The van der Waals surface area contributed by atoms with Gasteiger partial charge in [0.25, 0.3) is 0 Å². The zero-order valence-electron chi connectivity index (χ0n) is 15.4. The largest absolute Gasteiger partial charge is 0.335 e. The molecule has 142 valence electrons. The van der Waals surface area contributed by atoms with Gasteiger partial charge in [-0.1, -0.05) is 30.3 Å². The van der Waals surface area contributed by atoms with Crippen LogP contribution in [0.4, 0.5) is 5.69 Å². The molecule has 8 heteroatoms. The molecular formula is C20H20N6O2. The van der Waals surface area contributed by atoms with Gasteiger partial charge in [0.05, 0.1) is 23.8 Å². The van der Waals surface area contributed by atoms with Gasteiger partial charge >= 0.3 is 0 Å². The number of benzene rings is 1. The van der Waals surface area contributed by atoms with Gasteiger partial charge in [-0.2, -0.15) is 0 Å². The molecule has 1 aliphatic rings.